The zero-order chi connectivity index (χ0) is 12.3. The molecule has 1 aromatic carbocycles. The third kappa shape index (κ3) is 2.80. The topological polar surface area (TPSA) is 60.9 Å². The lowest BCUT2D eigenvalue weighted by atomic mass is 10.1. The molecule has 1 atom stereocenters. The second kappa shape index (κ2) is 5.08. The lowest BCUT2D eigenvalue weighted by Crippen LogP contribution is -2.45. The number of hydrogen-bond donors (Lipinski definition) is 3. The highest BCUT2D eigenvalue weighted by Gasteiger charge is 2.21. The van der Waals surface area contributed by atoms with Gasteiger partial charge in [-0.05, 0) is 26.1 Å². The van der Waals surface area contributed by atoms with Crippen molar-refractivity contribution >= 4 is 22.8 Å². The number of aromatic amines is 1. The van der Waals surface area contributed by atoms with E-state index < -0.39 is 0 Å². The van der Waals surface area contributed by atoms with Gasteiger partial charge in [0.1, 0.15) is 0 Å². The van der Waals surface area contributed by atoms with Crippen molar-refractivity contribution in [3.63, 3.8) is 0 Å². The maximum Gasteiger partial charge on any atom is 0.166 e. The number of thioether (sulfide) groups is 1. The minimum Gasteiger partial charge on any atom is -0.394 e. The van der Waals surface area contributed by atoms with Crippen molar-refractivity contribution in [3.05, 3.63) is 24.3 Å². The third-order valence-corrected chi connectivity index (χ3v) is 4.10. The second-order valence-corrected chi connectivity index (χ2v) is 5.28. The molecule has 1 unspecified atom stereocenters. The summed E-state index contributed by atoms with van der Waals surface area (Å²) < 4.78 is 0. The van der Waals surface area contributed by atoms with E-state index in [1.54, 1.807) is 11.8 Å². The Morgan fingerprint density at radius 1 is 1.47 bits per heavy atom. The standard InChI is InChI=1S/C12H17N3OS/c1-12(7-16,13-2)8-17-11-14-9-5-3-4-6-10(9)15-11/h3-6,13,16H,7-8H2,1-2H3,(H,14,15). The minimum absolute atomic E-state index is 0.108. The second-order valence-electron chi connectivity index (χ2n) is 4.32. The summed E-state index contributed by atoms with van der Waals surface area (Å²) in [6.07, 6.45) is 0. The first kappa shape index (κ1) is 12.4. The molecule has 0 aliphatic carbocycles. The molecule has 3 N–H and O–H groups in total. The molecule has 17 heavy (non-hydrogen) atoms. The van der Waals surface area contributed by atoms with Crippen molar-refractivity contribution in [1.82, 2.24) is 15.3 Å². The maximum atomic E-state index is 9.30. The summed E-state index contributed by atoms with van der Waals surface area (Å²) in [6.45, 7) is 2.10. The maximum absolute atomic E-state index is 9.30. The number of hydrogen-bond acceptors (Lipinski definition) is 4. The summed E-state index contributed by atoms with van der Waals surface area (Å²) in [7, 11) is 1.86. The predicted octanol–water partition coefficient (Wildman–Crippen LogP) is 1.63. The number of aliphatic hydroxyl groups is 1. The molecule has 0 aliphatic rings. The summed E-state index contributed by atoms with van der Waals surface area (Å²) >= 11 is 1.61. The first-order valence-corrected chi connectivity index (χ1v) is 6.53. The van der Waals surface area contributed by atoms with Crippen molar-refractivity contribution in [2.75, 3.05) is 19.4 Å². The molecule has 5 heteroatoms. The van der Waals surface area contributed by atoms with E-state index in [0.717, 1.165) is 21.9 Å². The largest absolute Gasteiger partial charge is 0.394 e. The first-order valence-electron chi connectivity index (χ1n) is 5.54. The molecular weight excluding hydrogens is 234 g/mol. The molecule has 92 valence electrons. The van der Waals surface area contributed by atoms with Gasteiger partial charge in [0.25, 0.3) is 0 Å². The molecule has 1 aromatic heterocycles. The molecule has 0 saturated heterocycles. The lowest BCUT2D eigenvalue weighted by molar-refractivity contribution is 0.200. The lowest BCUT2D eigenvalue weighted by Gasteiger charge is -2.25. The average Bonchev–Trinajstić information content (AvgIpc) is 2.79. The van der Waals surface area contributed by atoms with E-state index in [4.69, 9.17) is 0 Å². The monoisotopic (exact) mass is 251 g/mol. The Balaban J connectivity index is 2.09. The van der Waals surface area contributed by atoms with Crippen LogP contribution in [0.15, 0.2) is 29.4 Å². The number of nitrogens with one attached hydrogen (secondary N) is 2. The van der Waals surface area contributed by atoms with Crippen LogP contribution in [0.25, 0.3) is 11.0 Å². The summed E-state index contributed by atoms with van der Waals surface area (Å²) in [5, 5.41) is 13.3. The molecule has 0 aliphatic heterocycles. The van der Waals surface area contributed by atoms with Crippen LogP contribution in [0.3, 0.4) is 0 Å². The van der Waals surface area contributed by atoms with Gasteiger partial charge >= 0.3 is 0 Å². The number of likely N-dealkylation sites (N-methyl/N-ethyl adjacent to an activating group) is 1. The Labute approximate surface area is 105 Å². The Morgan fingerprint density at radius 2 is 2.24 bits per heavy atom. The fourth-order valence-corrected chi connectivity index (χ4v) is 2.46. The van der Waals surface area contributed by atoms with Crippen LogP contribution < -0.4 is 5.32 Å². The van der Waals surface area contributed by atoms with Crippen LogP contribution >= 0.6 is 11.8 Å². The number of fused-ring (bicyclic) bond motifs is 1. The van der Waals surface area contributed by atoms with E-state index in [-0.39, 0.29) is 12.1 Å². The Bertz CT molecular complexity index is 460. The fraction of sp³-hybridized carbons (Fsp3) is 0.417. The first-order chi connectivity index (χ1) is 8.17. The Kier molecular flexibility index (Phi) is 3.71. The van der Waals surface area contributed by atoms with Crippen LogP contribution in [0.1, 0.15) is 6.92 Å². The van der Waals surface area contributed by atoms with Gasteiger partial charge in [-0.15, -0.1) is 0 Å². The number of aliphatic hydroxyl groups excluding tert-OH is 1. The highest BCUT2D eigenvalue weighted by molar-refractivity contribution is 7.99. The summed E-state index contributed by atoms with van der Waals surface area (Å²) in [5.41, 5.74) is 1.75. The number of rotatable bonds is 5. The van der Waals surface area contributed by atoms with Crippen molar-refractivity contribution in [1.29, 1.82) is 0 Å². The zero-order valence-corrected chi connectivity index (χ0v) is 10.8. The van der Waals surface area contributed by atoms with Crippen molar-refractivity contribution in [2.45, 2.75) is 17.6 Å². The molecule has 0 fully saturated rings. The molecule has 0 radical (unpaired) electrons. The molecule has 0 amide bonds. The van der Waals surface area contributed by atoms with Crippen LogP contribution in [-0.2, 0) is 0 Å². The van der Waals surface area contributed by atoms with Crippen LogP contribution in [0, 0.1) is 0 Å². The van der Waals surface area contributed by atoms with Crippen LogP contribution in [0.4, 0.5) is 0 Å². The molecule has 2 rings (SSSR count). The molecular formula is C12H17N3OS. The van der Waals surface area contributed by atoms with Crippen molar-refractivity contribution in [3.8, 4) is 0 Å². The number of aromatic nitrogens is 2. The smallest absolute Gasteiger partial charge is 0.166 e. The van der Waals surface area contributed by atoms with E-state index in [9.17, 15) is 5.11 Å². The van der Waals surface area contributed by atoms with Gasteiger partial charge in [0, 0.05) is 11.3 Å². The van der Waals surface area contributed by atoms with Gasteiger partial charge in [0.15, 0.2) is 5.16 Å². The number of imidazole rings is 1. The van der Waals surface area contributed by atoms with Gasteiger partial charge < -0.3 is 15.4 Å². The molecule has 2 aromatic rings. The van der Waals surface area contributed by atoms with E-state index in [1.165, 1.54) is 0 Å². The average molecular weight is 251 g/mol. The summed E-state index contributed by atoms with van der Waals surface area (Å²) in [6, 6.07) is 7.96. The third-order valence-electron chi connectivity index (χ3n) is 2.85. The van der Waals surface area contributed by atoms with Gasteiger partial charge in [-0.1, -0.05) is 23.9 Å². The number of nitrogens with zero attached hydrogens (tertiary/aromatic N) is 1. The van der Waals surface area contributed by atoms with E-state index in [0.29, 0.717) is 0 Å². The molecule has 0 bridgehead atoms. The van der Waals surface area contributed by atoms with Gasteiger partial charge in [-0.2, -0.15) is 0 Å². The molecule has 4 nitrogen and oxygen atoms in total. The summed E-state index contributed by atoms with van der Waals surface area (Å²) in [5.74, 6) is 0.764. The van der Waals surface area contributed by atoms with Gasteiger partial charge in [0.05, 0.1) is 17.6 Å². The van der Waals surface area contributed by atoms with Crippen LogP contribution in [-0.4, -0.2) is 40.0 Å². The van der Waals surface area contributed by atoms with Crippen molar-refractivity contribution in [2.24, 2.45) is 0 Å². The highest BCUT2D eigenvalue weighted by Crippen LogP contribution is 2.22. The van der Waals surface area contributed by atoms with Gasteiger partial charge in [-0.25, -0.2) is 4.98 Å². The van der Waals surface area contributed by atoms with E-state index in [1.807, 2.05) is 38.2 Å². The van der Waals surface area contributed by atoms with Gasteiger partial charge in [0.2, 0.25) is 0 Å². The van der Waals surface area contributed by atoms with E-state index >= 15 is 0 Å². The van der Waals surface area contributed by atoms with E-state index in [2.05, 4.69) is 15.3 Å². The summed E-state index contributed by atoms with van der Waals surface area (Å²) in [4.78, 5) is 7.74. The predicted molar refractivity (Wildman–Crippen MR) is 71.4 cm³/mol. The SMILES string of the molecule is CNC(C)(CO)CSc1nc2ccccc2[nH]1. The molecule has 1 heterocycles. The number of H-pyrrole nitrogens is 1. The van der Waals surface area contributed by atoms with Crippen LogP contribution in [0.2, 0.25) is 0 Å². The van der Waals surface area contributed by atoms with Crippen molar-refractivity contribution < 1.29 is 5.11 Å². The Hall–Kier alpha value is -1.04. The fourth-order valence-electron chi connectivity index (χ4n) is 1.42. The Morgan fingerprint density at radius 3 is 2.88 bits per heavy atom. The zero-order valence-electron chi connectivity index (χ0n) is 10.0. The number of para-hydroxylation sites is 2. The highest BCUT2D eigenvalue weighted by atomic mass is 32.2. The normalized spacial score (nSPS) is 15.0. The molecule has 0 saturated carbocycles. The quantitative estimate of drug-likeness (QED) is 0.707. The van der Waals surface area contributed by atoms with Gasteiger partial charge in [-0.3, -0.25) is 0 Å². The minimum atomic E-state index is -0.274. The number of benzene rings is 1. The molecule has 0 spiro atoms. The van der Waals surface area contributed by atoms with Crippen LogP contribution in [0.5, 0.6) is 0 Å².